The van der Waals surface area contributed by atoms with Crippen LogP contribution in [0.25, 0.3) is 0 Å². The van der Waals surface area contributed by atoms with Crippen molar-refractivity contribution in [2.24, 2.45) is 0 Å². The van der Waals surface area contributed by atoms with Crippen LogP contribution in [0.3, 0.4) is 0 Å². The first-order valence-electron chi connectivity index (χ1n) is 11.6. The molecule has 0 saturated heterocycles. The molecule has 0 radical (unpaired) electrons. The van der Waals surface area contributed by atoms with Gasteiger partial charge in [0.05, 0.1) is 5.69 Å². The fourth-order valence-electron chi connectivity index (χ4n) is 4.17. The normalized spacial score (nSPS) is 11.3. The van der Waals surface area contributed by atoms with E-state index < -0.39 is 6.09 Å². The minimum Gasteiger partial charge on any atom is -0.448 e. The van der Waals surface area contributed by atoms with Crippen molar-refractivity contribution in [3.8, 4) is 0 Å². The minimum absolute atomic E-state index is 0.0323. The van der Waals surface area contributed by atoms with Gasteiger partial charge in [0.1, 0.15) is 18.2 Å². The van der Waals surface area contributed by atoms with Gasteiger partial charge in [-0.15, -0.1) is 0 Å². The molecule has 0 spiro atoms. The molecule has 1 N–H and O–H groups in total. The molecular weight excluding hydrogens is 446 g/mol. The van der Waals surface area contributed by atoms with Gasteiger partial charge in [0.25, 0.3) is 0 Å². The van der Waals surface area contributed by atoms with Gasteiger partial charge in [-0.2, -0.15) is 11.8 Å². The van der Waals surface area contributed by atoms with E-state index in [0.29, 0.717) is 18.0 Å². The zero-order valence-electron chi connectivity index (χ0n) is 21.5. The molecule has 0 aliphatic heterocycles. The number of anilines is 1. The Kier molecular flexibility index (Phi) is 9.92. The number of Topliss-reactive ketones (excluding diaryl/α,β-unsaturated/α-hetero) is 2. The second-order valence-electron chi connectivity index (χ2n) is 9.53. The largest absolute Gasteiger partial charge is 0.448 e. The number of ether oxygens (including phenoxy) is 1. The van der Waals surface area contributed by atoms with Crippen LogP contribution in [-0.4, -0.2) is 35.8 Å². The van der Waals surface area contributed by atoms with Crippen LogP contribution in [0.5, 0.6) is 0 Å². The summed E-state index contributed by atoms with van der Waals surface area (Å²) >= 11 is 1.75. The van der Waals surface area contributed by atoms with Crippen LogP contribution in [0, 0.1) is 20.8 Å². The Labute approximate surface area is 208 Å². The highest BCUT2D eigenvalue weighted by Crippen LogP contribution is 2.32. The fraction of sp³-hybridized carbons (Fsp3) is 0.464. The third kappa shape index (κ3) is 7.45. The van der Waals surface area contributed by atoms with E-state index in [9.17, 15) is 14.4 Å². The van der Waals surface area contributed by atoms with Crippen LogP contribution < -0.4 is 5.32 Å². The standard InChI is InChI=1S/C28H37NO4S/c1-18(30)15-24-20(3)25(16-19(2)31)22(5)26(21(24)4)29-27(32)33-13-14-34-17-28(6,7)23-11-9-8-10-12-23/h8-12H,13-17H2,1-7H3,(H,29,32). The fourth-order valence-corrected chi connectivity index (χ4v) is 5.20. The van der Waals surface area contributed by atoms with Crippen LogP contribution in [0.2, 0.25) is 0 Å². The maximum absolute atomic E-state index is 12.6. The van der Waals surface area contributed by atoms with Crippen molar-refractivity contribution in [3.63, 3.8) is 0 Å². The van der Waals surface area contributed by atoms with Crippen molar-refractivity contribution in [3.05, 3.63) is 63.7 Å². The second-order valence-corrected chi connectivity index (χ2v) is 10.6. The summed E-state index contributed by atoms with van der Waals surface area (Å²) in [5.41, 5.74) is 6.30. The predicted octanol–water partition coefficient (Wildman–Crippen LogP) is 6.13. The quantitative estimate of drug-likeness (QED) is 0.389. The van der Waals surface area contributed by atoms with Gasteiger partial charge in [-0.25, -0.2) is 4.79 Å². The lowest BCUT2D eigenvalue weighted by Gasteiger charge is -2.25. The molecule has 0 fully saturated rings. The number of amides is 1. The van der Waals surface area contributed by atoms with E-state index in [1.54, 1.807) is 25.6 Å². The summed E-state index contributed by atoms with van der Waals surface area (Å²) in [5, 5.41) is 2.87. The van der Waals surface area contributed by atoms with E-state index in [0.717, 1.165) is 33.6 Å². The van der Waals surface area contributed by atoms with Crippen molar-refractivity contribution in [1.29, 1.82) is 0 Å². The lowest BCUT2D eigenvalue weighted by molar-refractivity contribution is -0.117. The number of ketones is 2. The predicted molar refractivity (Wildman–Crippen MR) is 141 cm³/mol. The molecule has 0 unspecified atom stereocenters. The number of rotatable bonds is 11. The maximum Gasteiger partial charge on any atom is 0.411 e. The molecule has 0 heterocycles. The molecule has 1 amide bonds. The molecule has 0 saturated carbocycles. The number of nitrogens with one attached hydrogen (secondary N) is 1. The Morgan fingerprint density at radius 2 is 1.41 bits per heavy atom. The first kappa shape index (κ1) is 27.6. The second kappa shape index (κ2) is 12.2. The molecule has 0 bridgehead atoms. The Bertz CT molecular complexity index is 1000. The molecule has 0 atom stereocenters. The summed E-state index contributed by atoms with van der Waals surface area (Å²) in [6, 6.07) is 10.4. The average Bonchev–Trinajstić information content (AvgIpc) is 2.77. The van der Waals surface area contributed by atoms with Crippen molar-refractivity contribution in [2.75, 3.05) is 23.4 Å². The smallest absolute Gasteiger partial charge is 0.411 e. The SMILES string of the molecule is CC(=O)Cc1c(C)c(CC(C)=O)c(C)c(NC(=O)OCCSCC(C)(C)c2ccccc2)c1C. The van der Waals surface area contributed by atoms with E-state index in [-0.39, 0.29) is 29.8 Å². The summed E-state index contributed by atoms with van der Waals surface area (Å²) < 4.78 is 5.44. The van der Waals surface area contributed by atoms with Gasteiger partial charge in [0, 0.05) is 24.3 Å². The molecular formula is C28H37NO4S. The van der Waals surface area contributed by atoms with Crippen molar-refractivity contribution in [1.82, 2.24) is 0 Å². The van der Waals surface area contributed by atoms with Crippen LogP contribution in [0.15, 0.2) is 30.3 Å². The Balaban J connectivity index is 2.03. The molecule has 5 nitrogen and oxygen atoms in total. The number of hydrogen-bond donors (Lipinski definition) is 1. The van der Waals surface area contributed by atoms with Crippen LogP contribution >= 0.6 is 11.8 Å². The monoisotopic (exact) mass is 483 g/mol. The first-order chi connectivity index (χ1) is 15.9. The van der Waals surface area contributed by atoms with Gasteiger partial charge >= 0.3 is 6.09 Å². The molecule has 6 heteroatoms. The molecule has 0 aliphatic carbocycles. The zero-order chi connectivity index (χ0) is 25.5. The highest BCUT2D eigenvalue weighted by Gasteiger charge is 2.22. The molecule has 0 aromatic heterocycles. The van der Waals surface area contributed by atoms with Gasteiger partial charge in [-0.3, -0.25) is 14.9 Å². The number of benzene rings is 2. The Hall–Kier alpha value is -2.60. The van der Waals surface area contributed by atoms with Gasteiger partial charge in [0.15, 0.2) is 0 Å². The van der Waals surface area contributed by atoms with Crippen molar-refractivity contribution < 1.29 is 19.1 Å². The molecule has 2 aromatic rings. The van der Waals surface area contributed by atoms with Crippen molar-refractivity contribution in [2.45, 2.75) is 66.7 Å². The number of carbonyl (C=O) groups is 3. The number of carbonyl (C=O) groups excluding carboxylic acids is 3. The minimum atomic E-state index is -0.527. The summed E-state index contributed by atoms with van der Waals surface area (Å²) in [6.45, 7) is 13.5. The third-order valence-corrected chi connectivity index (χ3v) is 7.50. The highest BCUT2D eigenvalue weighted by atomic mass is 32.2. The number of hydrogen-bond acceptors (Lipinski definition) is 5. The summed E-state index contributed by atoms with van der Waals surface area (Å²) in [7, 11) is 0. The van der Waals surface area contributed by atoms with E-state index in [1.807, 2.05) is 39.0 Å². The van der Waals surface area contributed by atoms with Gasteiger partial charge < -0.3 is 4.74 Å². The number of thioether (sulfide) groups is 1. The summed E-state index contributed by atoms with van der Waals surface area (Å²) in [4.78, 5) is 36.3. The van der Waals surface area contributed by atoms with Crippen LogP contribution in [0.1, 0.15) is 61.1 Å². The summed E-state index contributed by atoms with van der Waals surface area (Å²) in [6.07, 6.45) is 0.00131. The van der Waals surface area contributed by atoms with E-state index in [2.05, 4.69) is 31.3 Å². The van der Waals surface area contributed by atoms with E-state index in [4.69, 9.17) is 4.74 Å². The molecule has 34 heavy (non-hydrogen) atoms. The molecule has 2 rings (SSSR count). The van der Waals surface area contributed by atoms with Gasteiger partial charge in [-0.1, -0.05) is 44.2 Å². The van der Waals surface area contributed by atoms with Gasteiger partial charge in [-0.05, 0) is 73.4 Å². The maximum atomic E-state index is 12.6. The van der Waals surface area contributed by atoms with Crippen LogP contribution in [-0.2, 0) is 32.6 Å². The molecule has 2 aromatic carbocycles. The van der Waals surface area contributed by atoms with Crippen LogP contribution in [0.4, 0.5) is 10.5 Å². The lowest BCUT2D eigenvalue weighted by Crippen LogP contribution is -2.22. The van der Waals surface area contributed by atoms with Crippen molar-refractivity contribution >= 4 is 35.1 Å². The highest BCUT2D eigenvalue weighted by molar-refractivity contribution is 7.99. The Morgan fingerprint density at radius 3 is 1.91 bits per heavy atom. The lowest BCUT2D eigenvalue weighted by atomic mass is 9.87. The summed E-state index contributed by atoms with van der Waals surface area (Å²) in [5.74, 6) is 1.68. The molecule has 0 aliphatic rings. The average molecular weight is 484 g/mol. The third-order valence-electron chi connectivity index (χ3n) is 6.12. The first-order valence-corrected chi connectivity index (χ1v) is 12.8. The Morgan fingerprint density at radius 1 is 0.882 bits per heavy atom. The van der Waals surface area contributed by atoms with E-state index >= 15 is 0 Å². The van der Waals surface area contributed by atoms with E-state index in [1.165, 1.54) is 5.56 Å². The topological polar surface area (TPSA) is 72.5 Å². The zero-order valence-corrected chi connectivity index (χ0v) is 22.3. The van der Waals surface area contributed by atoms with Gasteiger partial charge in [0.2, 0.25) is 0 Å². The molecule has 184 valence electrons.